The summed E-state index contributed by atoms with van der Waals surface area (Å²) in [5.74, 6) is 0. The summed E-state index contributed by atoms with van der Waals surface area (Å²) < 4.78 is 0. The molecule has 2 atom stereocenters. The van der Waals surface area contributed by atoms with Crippen LogP contribution in [-0.2, 0) is 6.54 Å². The number of benzene rings is 1. The fraction of sp³-hybridized carbons (Fsp3) is 0.571. The van der Waals surface area contributed by atoms with Crippen LogP contribution in [0.4, 0.5) is 0 Å². The highest BCUT2D eigenvalue weighted by atomic mass is 15.2. The lowest BCUT2D eigenvalue weighted by atomic mass is 10.0. The Morgan fingerprint density at radius 3 is 2.13 bits per heavy atom. The summed E-state index contributed by atoms with van der Waals surface area (Å²) in [6, 6.07) is 10.2. The summed E-state index contributed by atoms with van der Waals surface area (Å²) in [4.78, 5) is 7.35. The number of rotatable bonds is 4. The van der Waals surface area contributed by atoms with Crippen molar-refractivity contribution in [2.24, 2.45) is 0 Å². The van der Waals surface area contributed by atoms with Crippen LogP contribution in [0.3, 0.4) is 0 Å². The third-order valence-corrected chi connectivity index (χ3v) is 5.14. The number of aromatic nitrogens is 1. The molecule has 1 aromatic carbocycles. The Kier molecular flexibility index (Phi) is 6.59. The molecule has 0 spiro atoms. The number of aryl methyl sites for hydroxylation is 1. The molecule has 1 fully saturated rings. The van der Waals surface area contributed by atoms with Crippen LogP contribution < -0.4 is 0 Å². The fourth-order valence-corrected chi connectivity index (χ4v) is 3.87. The van der Waals surface area contributed by atoms with E-state index in [1.165, 1.54) is 42.0 Å². The van der Waals surface area contributed by atoms with Crippen molar-refractivity contribution >= 4 is 10.8 Å². The molecule has 1 aromatic heterocycles. The van der Waals surface area contributed by atoms with Gasteiger partial charge in [-0.05, 0) is 43.6 Å². The van der Waals surface area contributed by atoms with Gasteiger partial charge in [-0.3, -0.25) is 9.88 Å². The molecule has 0 N–H and O–H groups in total. The van der Waals surface area contributed by atoms with Crippen LogP contribution in [0.5, 0.6) is 0 Å². The Hall–Kier alpha value is -1.41. The van der Waals surface area contributed by atoms with Gasteiger partial charge in [0.15, 0.2) is 0 Å². The first-order valence-electron chi connectivity index (χ1n) is 9.33. The topological polar surface area (TPSA) is 16.1 Å². The summed E-state index contributed by atoms with van der Waals surface area (Å²) in [5, 5.41) is 2.68. The number of likely N-dealkylation sites (tertiary alicyclic amines) is 1. The third kappa shape index (κ3) is 3.74. The maximum atomic E-state index is 4.62. The van der Waals surface area contributed by atoms with Gasteiger partial charge in [0.05, 0.1) is 0 Å². The molecule has 2 aromatic rings. The molecule has 0 radical (unpaired) electrons. The van der Waals surface area contributed by atoms with Crippen molar-refractivity contribution in [2.45, 2.75) is 78.9 Å². The van der Waals surface area contributed by atoms with E-state index in [1.807, 2.05) is 13.8 Å². The number of pyridine rings is 1. The first-order chi connectivity index (χ1) is 11.2. The predicted octanol–water partition coefficient (Wildman–Crippen LogP) is 5.72. The molecule has 2 heterocycles. The fourth-order valence-electron chi connectivity index (χ4n) is 3.87. The van der Waals surface area contributed by atoms with Crippen LogP contribution in [-0.4, -0.2) is 22.0 Å². The zero-order valence-corrected chi connectivity index (χ0v) is 15.5. The van der Waals surface area contributed by atoms with Gasteiger partial charge in [-0.2, -0.15) is 0 Å². The van der Waals surface area contributed by atoms with Gasteiger partial charge >= 0.3 is 0 Å². The molecular weight excluding hydrogens is 280 g/mol. The van der Waals surface area contributed by atoms with Crippen molar-refractivity contribution in [3.63, 3.8) is 0 Å². The van der Waals surface area contributed by atoms with Crippen LogP contribution in [0.2, 0.25) is 0 Å². The average Bonchev–Trinajstić information content (AvgIpc) is 3.01. The summed E-state index contributed by atoms with van der Waals surface area (Å²) in [5.41, 5.74) is 2.52. The van der Waals surface area contributed by atoms with E-state index in [-0.39, 0.29) is 0 Å². The number of hydrogen-bond acceptors (Lipinski definition) is 2. The van der Waals surface area contributed by atoms with Crippen LogP contribution in [0.25, 0.3) is 10.8 Å². The quantitative estimate of drug-likeness (QED) is 0.717. The number of fused-ring (bicyclic) bond motifs is 1. The summed E-state index contributed by atoms with van der Waals surface area (Å²) in [6.45, 7) is 11.8. The predicted molar refractivity (Wildman–Crippen MR) is 101 cm³/mol. The highest BCUT2D eigenvalue weighted by molar-refractivity contribution is 5.87. The Morgan fingerprint density at radius 2 is 1.57 bits per heavy atom. The molecule has 0 aliphatic carbocycles. The first-order valence-corrected chi connectivity index (χ1v) is 9.33. The second-order valence-corrected chi connectivity index (χ2v) is 6.29. The molecule has 0 amide bonds. The largest absolute Gasteiger partial charge is 0.293 e. The number of nitrogens with zero attached hydrogens (tertiary/aromatic N) is 2. The Labute approximate surface area is 141 Å². The molecule has 23 heavy (non-hydrogen) atoms. The van der Waals surface area contributed by atoms with Crippen LogP contribution >= 0.6 is 0 Å². The summed E-state index contributed by atoms with van der Waals surface area (Å²) >= 11 is 0. The van der Waals surface area contributed by atoms with Crippen molar-refractivity contribution in [3.8, 4) is 0 Å². The van der Waals surface area contributed by atoms with Crippen LogP contribution in [0.1, 0.15) is 64.6 Å². The first kappa shape index (κ1) is 17.9. The molecule has 0 bridgehead atoms. The van der Waals surface area contributed by atoms with Gasteiger partial charge in [-0.25, -0.2) is 0 Å². The minimum Gasteiger partial charge on any atom is -0.293 e. The second kappa shape index (κ2) is 8.44. The Morgan fingerprint density at radius 1 is 1.00 bits per heavy atom. The van der Waals surface area contributed by atoms with Crippen molar-refractivity contribution in [3.05, 3.63) is 41.7 Å². The minimum atomic E-state index is 0.745. The second-order valence-electron chi connectivity index (χ2n) is 6.29. The monoisotopic (exact) mass is 312 g/mol. The standard InChI is InChI=1S/C19H26N2.C2H6/c1-4-16-10-11-17(5-2)21(16)13-15-12-20-14(3)18-8-6-7-9-19(15)18;1-2/h6-9,12,16-17H,4-5,10-11,13H2,1-3H3;1-2H3. The third-order valence-electron chi connectivity index (χ3n) is 5.14. The van der Waals surface area contributed by atoms with E-state index in [0.717, 1.165) is 24.3 Å². The van der Waals surface area contributed by atoms with Crippen LogP contribution in [0.15, 0.2) is 30.5 Å². The van der Waals surface area contributed by atoms with E-state index in [1.54, 1.807) is 0 Å². The Balaban J connectivity index is 0.000000924. The van der Waals surface area contributed by atoms with Crippen molar-refractivity contribution in [1.82, 2.24) is 9.88 Å². The van der Waals surface area contributed by atoms with E-state index in [0.29, 0.717) is 0 Å². The van der Waals surface area contributed by atoms with Crippen molar-refractivity contribution in [2.75, 3.05) is 0 Å². The lowest BCUT2D eigenvalue weighted by Crippen LogP contribution is -2.35. The van der Waals surface area contributed by atoms with Crippen molar-refractivity contribution < 1.29 is 0 Å². The van der Waals surface area contributed by atoms with Gasteiger partial charge in [0.25, 0.3) is 0 Å². The molecule has 0 saturated carbocycles. The van der Waals surface area contributed by atoms with E-state index in [9.17, 15) is 0 Å². The van der Waals surface area contributed by atoms with E-state index in [4.69, 9.17) is 0 Å². The van der Waals surface area contributed by atoms with Gasteiger partial charge < -0.3 is 0 Å². The van der Waals surface area contributed by atoms with Gasteiger partial charge in [0.1, 0.15) is 0 Å². The molecule has 1 aliphatic rings. The van der Waals surface area contributed by atoms with Gasteiger partial charge in [0.2, 0.25) is 0 Å². The number of hydrogen-bond donors (Lipinski definition) is 0. The highest BCUT2D eigenvalue weighted by Crippen LogP contribution is 2.31. The smallest absolute Gasteiger partial charge is 0.0451 e. The normalized spacial score (nSPS) is 21.3. The minimum absolute atomic E-state index is 0.745. The molecule has 126 valence electrons. The average molecular weight is 313 g/mol. The van der Waals surface area contributed by atoms with E-state index >= 15 is 0 Å². The van der Waals surface area contributed by atoms with E-state index in [2.05, 4.69) is 61.1 Å². The van der Waals surface area contributed by atoms with E-state index < -0.39 is 0 Å². The molecule has 1 saturated heterocycles. The molecule has 2 heteroatoms. The molecule has 2 unspecified atom stereocenters. The summed E-state index contributed by atoms with van der Waals surface area (Å²) in [6.07, 6.45) is 7.31. The zero-order valence-electron chi connectivity index (χ0n) is 15.5. The molecule has 2 nitrogen and oxygen atoms in total. The molecule has 3 rings (SSSR count). The van der Waals surface area contributed by atoms with Gasteiger partial charge in [0, 0.05) is 35.9 Å². The lowest BCUT2D eigenvalue weighted by molar-refractivity contribution is 0.176. The Bertz CT molecular complexity index is 608. The molecular formula is C21H32N2. The SMILES string of the molecule is CC.CCC1CCC(CC)N1Cc1cnc(C)c2ccccc12. The van der Waals surface area contributed by atoms with Crippen LogP contribution in [0, 0.1) is 6.92 Å². The molecule has 1 aliphatic heterocycles. The maximum absolute atomic E-state index is 4.62. The summed E-state index contributed by atoms with van der Waals surface area (Å²) in [7, 11) is 0. The van der Waals surface area contributed by atoms with Gasteiger partial charge in [-0.1, -0.05) is 52.0 Å². The van der Waals surface area contributed by atoms with Gasteiger partial charge in [-0.15, -0.1) is 0 Å². The zero-order chi connectivity index (χ0) is 16.8. The lowest BCUT2D eigenvalue weighted by Gasteiger charge is -2.29. The highest BCUT2D eigenvalue weighted by Gasteiger charge is 2.31. The van der Waals surface area contributed by atoms with Crippen molar-refractivity contribution in [1.29, 1.82) is 0 Å². The maximum Gasteiger partial charge on any atom is 0.0451 e.